The monoisotopic (exact) mass is 536 g/mol. The third kappa shape index (κ3) is 5.13. The standard InChI is InChI=1S/C29H28O10/c1-16(30)38-29-24(33-3)21-22(31)26(34-4)23(39-25(21)27(35-5)28(29)36-6)18-12-13-19(20(14-18)32-2)37-15-17-10-8-7-9-11-17/h7-14H,15H2,1-6H3. The van der Waals surface area contributed by atoms with Crippen molar-refractivity contribution in [1.82, 2.24) is 0 Å². The number of benzene rings is 3. The van der Waals surface area contributed by atoms with E-state index < -0.39 is 11.4 Å². The lowest BCUT2D eigenvalue weighted by molar-refractivity contribution is -0.132. The number of carbonyl (C=O) groups excluding carboxylic acids is 1. The maximum Gasteiger partial charge on any atom is 0.308 e. The smallest absolute Gasteiger partial charge is 0.308 e. The minimum absolute atomic E-state index is 0.00581. The first-order chi connectivity index (χ1) is 18.9. The van der Waals surface area contributed by atoms with E-state index in [2.05, 4.69) is 0 Å². The van der Waals surface area contributed by atoms with Gasteiger partial charge in [0.05, 0.1) is 35.5 Å². The summed E-state index contributed by atoms with van der Waals surface area (Å²) in [5.41, 5.74) is 0.891. The molecule has 10 heteroatoms. The average Bonchev–Trinajstić information content (AvgIpc) is 2.95. The van der Waals surface area contributed by atoms with Gasteiger partial charge in [0, 0.05) is 12.5 Å². The summed E-state index contributed by atoms with van der Waals surface area (Å²) in [4.78, 5) is 25.6. The molecule has 4 aromatic rings. The van der Waals surface area contributed by atoms with Gasteiger partial charge in [0.15, 0.2) is 28.6 Å². The van der Waals surface area contributed by atoms with Crippen LogP contribution in [0.25, 0.3) is 22.3 Å². The molecule has 0 N–H and O–H groups in total. The molecule has 4 rings (SSSR count). The highest BCUT2D eigenvalue weighted by Crippen LogP contribution is 2.51. The third-order valence-electron chi connectivity index (χ3n) is 5.85. The summed E-state index contributed by atoms with van der Waals surface area (Å²) in [5, 5.41) is -0.0539. The second kappa shape index (κ2) is 11.7. The van der Waals surface area contributed by atoms with E-state index in [1.54, 1.807) is 18.2 Å². The van der Waals surface area contributed by atoms with E-state index in [0.29, 0.717) is 23.7 Å². The van der Waals surface area contributed by atoms with Crippen LogP contribution < -0.4 is 38.6 Å². The summed E-state index contributed by atoms with van der Waals surface area (Å²) in [6.45, 7) is 1.55. The Hall–Kier alpha value is -4.86. The van der Waals surface area contributed by atoms with Crippen LogP contribution in [0.4, 0.5) is 0 Å². The molecule has 0 unspecified atom stereocenters. The highest BCUT2D eigenvalue weighted by atomic mass is 16.6. The molecule has 10 nitrogen and oxygen atoms in total. The Bertz CT molecular complexity index is 1560. The zero-order valence-electron chi connectivity index (χ0n) is 22.4. The van der Waals surface area contributed by atoms with E-state index >= 15 is 0 Å². The zero-order chi connectivity index (χ0) is 28.1. The van der Waals surface area contributed by atoms with Gasteiger partial charge in [-0.2, -0.15) is 0 Å². The number of hydrogen-bond acceptors (Lipinski definition) is 10. The number of ether oxygens (including phenoxy) is 7. The molecule has 39 heavy (non-hydrogen) atoms. The molecule has 0 amide bonds. The molecule has 0 aliphatic carbocycles. The summed E-state index contributed by atoms with van der Waals surface area (Å²) in [6, 6.07) is 14.8. The predicted molar refractivity (Wildman–Crippen MR) is 143 cm³/mol. The van der Waals surface area contributed by atoms with Gasteiger partial charge in [-0.15, -0.1) is 0 Å². The molecule has 0 saturated carbocycles. The van der Waals surface area contributed by atoms with E-state index in [0.717, 1.165) is 5.56 Å². The molecule has 0 aliphatic heterocycles. The van der Waals surface area contributed by atoms with Crippen LogP contribution in [0.3, 0.4) is 0 Å². The van der Waals surface area contributed by atoms with Crippen molar-refractivity contribution in [2.45, 2.75) is 13.5 Å². The van der Waals surface area contributed by atoms with E-state index in [1.807, 2.05) is 30.3 Å². The van der Waals surface area contributed by atoms with Crippen LogP contribution >= 0.6 is 0 Å². The zero-order valence-corrected chi connectivity index (χ0v) is 22.4. The van der Waals surface area contributed by atoms with Crippen molar-refractivity contribution in [3.8, 4) is 51.6 Å². The van der Waals surface area contributed by atoms with Crippen LogP contribution in [0.5, 0.6) is 40.2 Å². The molecular weight excluding hydrogens is 508 g/mol. The van der Waals surface area contributed by atoms with E-state index in [9.17, 15) is 9.59 Å². The summed E-state index contributed by atoms with van der Waals surface area (Å²) in [7, 11) is 6.91. The van der Waals surface area contributed by atoms with Crippen LogP contribution in [-0.2, 0) is 11.4 Å². The minimum atomic E-state index is -0.650. The van der Waals surface area contributed by atoms with E-state index in [-0.39, 0.29) is 45.5 Å². The van der Waals surface area contributed by atoms with Gasteiger partial charge < -0.3 is 37.6 Å². The summed E-state index contributed by atoms with van der Waals surface area (Å²) >= 11 is 0. The molecule has 0 aliphatic rings. The largest absolute Gasteiger partial charge is 0.493 e. The van der Waals surface area contributed by atoms with Gasteiger partial charge in [-0.05, 0) is 23.8 Å². The number of carbonyl (C=O) groups is 1. The van der Waals surface area contributed by atoms with Crippen molar-refractivity contribution >= 4 is 16.9 Å². The van der Waals surface area contributed by atoms with Crippen LogP contribution in [0.2, 0.25) is 0 Å². The highest BCUT2D eigenvalue weighted by molar-refractivity contribution is 5.97. The fraction of sp³-hybridized carbons (Fsp3) is 0.241. The van der Waals surface area contributed by atoms with Crippen molar-refractivity contribution in [3.63, 3.8) is 0 Å². The van der Waals surface area contributed by atoms with Gasteiger partial charge in [-0.1, -0.05) is 30.3 Å². The number of methoxy groups -OCH3 is 5. The van der Waals surface area contributed by atoms with Crippen LogP contribution in [-0.4, -0.2) is 41.5 Å². The third-order valence-corrected chi connectivity index (χ3v) is 5.85. The second-order valence-electron chi connectivity index (χ2n) is 8.16. The Morgan fingerprint density at radius 2 is 1.41 bits per heavy atom. The maximum absolute atomic E-state index is 13.8. The number of fused-ring (bicyclic) bond motifs is 1. The fourth-order valence-electron chi connectivity index (χ4n) is 4.15. The lowest BCUT2D eigenvalue weighted by Crippen LogP contribution is -2.12. The second-order valence-corrected chi connectivity index (χ2v) is 8.16. The van der Waals surface area contributed by atoms with E-state index in [4.69, 9.17) is 37.6 Å². The summed E-state index contributed by atoms with van der Waals surface area (Å²) in [6.07, 6.45) is 0. The fourth-order valence-corrected chi connectivity index (χ4v) is 4.15. The van der Waals surface area contributed by atoms with Gasteiger partial charge in [-0.25, -0.2) is 0 Å². The molecular formula is C29H28O10. The Morgan fingerprint density at radius 3 is 2.00 bits per heavy atom. The summed E-state index contributed by atoms with van der Waals surface area (Å²) < 4.78 is 45.0. The molecule has 1 aromatic heterocycles. The first-order valence-electron chi connectivity index (χ1n) is 11.8. The van der Waals surface area contributed by atoms with Crippen molar-refractivity contribution < 1.29 is 42.4 Å². The van der Waals surface area contributed by atoms with Crippen LogP contribution in [0.15, 0.2) is 57.7 Å². The Labute approximate surface area is 224 Å². The molecule has 0 saturated heterocycles. The molecule has 0 bridgehead atoms. The number of esters is 1. The molecule has 204 valence electrons. The molecule has 0 radical (unpaired) electrons. The van der Waals surface area contributed by atoms with Crippen molar-refractivity contribution in [2.24, 2.45) is 0 Å². The van der Waals surface area contributed by atoms with E-state index in [1.165, 1.54) is 42.5 Å². The van der Waals surface area contributed by atoms with Gasteiger partial charge in [0.25, 0.3) is 0 Å². The van der Waals surface area contributed by atoms with Gasteiger partial charge >= 0.3 is 5.97 Å². The normalized spacial score (nSPS) is 10.6. The SMILES string of the molecule is COc1cc(-c2oc3c(OC)c(OC)c(OC(C)=O)c(OC)c3c(=O)c2OC)ccc1OCc1ccccc1. The quantitative estimate of drug-likeness (QED) is 0.203. The average molecular weight is 537 g/mol. The Balaban J connectivity index is 1.92. The van der Waals surface area contributed by atoms with Crippen molar-refractivity contribution in [2.75, 3.05) is 35.5 Å². The lowest BCUT2D eigenvalue weighted by Gasteiger charge is -2.19. The first-order valence-corrected chi connectivity index (χ1v) is 11.8. The molecule has 0 atom stereocenters. The molecule has 0 spiro atoms. The Kier molecular flexibility index (Phi) is 8.14. The summed E-state index contributed by atoms with van der Waals surface area (Å²) in [5.74, 6) is 0.104. The van der Waals surface area contributed by atoms with Gasteiger partial charge in [-0.3, -0.25) is 9.59 Å². The highest BCUT2D eigenvalue weighted by Gasteiger charge is 2.31. The number of rotatable bonds is 10. The van der Waals surface area contributed by atoms with Crippen molar-refractivity contribution in [3.05, 3.63) is 64.3 Å². The topological polar surface area (TPSA) is 112 Å². The molecule has 3 aromatic carbocycles. The number of hydrogen-bond donors (Lipinski definition) is 0. The van der Waals surface area contributed by atoms with Crippen molar-refractivity contribution in [1.29, 1.82) is 0 Å². The first kappa shape index (κ1) is 27.2. The Morgan fingerprint density at radius 1 is 0.744 bits per heavy atom. The van der Waals surface area contributed by atoms with Crippen LogP contribution in [0, 0.1) is 0 Å². The van der Waals surface area contributed by atoms with Crippen LogP contribution in [0.1, 0.15) is 12.5 Å². The molecule has 0 fully saturated rings. The van der Waals surface area contributed by atoms with Gasteiger partial charge in [0.1, 0.15) is 12.0 Å². The minimum Gasteiger partial charge on any atom is -0.493 e. The lowest BCUT2D eigenvalue weighted by atomic mass is 10.1. The molecule has 1 heterocycles. The van der Waals surface area contributed by atoms with Gasteiger partial charge in [0.2, 0.25) is 28.4 Å². The predicted octanol–water partition coefficient (Wildman–Crippen LogP) is 5.01. The maximum atomic E-state index is 13.8.